The lowest BCUT2D eigenvalue weighted by molar-refractivity contribution is 0.648. The Hall–Kier alpha value is -0.340. The van der Waals surface area contributed by atoms with Crippen molar-refractivity contribution in [1.82, 2.24) is 5.32 Å². The average molecular weight is 242 g/mol. The molecule has 0 heterocycles. The van der Waals surface area contributed by atoms with Gasteiger partial charge in [0.15, 0.2) is 0 Å². The zero-order valence-corrected chi connectivity index (χ0v) is 10.2. The van der Waals surface area contributed by atoms with Crippen LogP contribution in [0.2, 0.25) is 0 Å². The molecule has 0 amide bonds. The van der Waals surface area contributed by atoms with E-state index in [1.54, 1.807) is 0 Å². The van der Waals surface area contributed by atoms with Gasteiger partial charge in [0.25, 0.3) is 0 Å². The standard InChI is InChI=1S/C11H16BrN/c1-7-6-11(12)8(2)5-10(7)9(3)13-4/h5-6,9,13H,1-4H3. The molecule has 0 bridgehead atoms. The Labute approximate surface area is 88.7 Å². The summed E-state index contributed by atoms with van der Waals surface area (Å²) in [4.78, 5) is 0. The molecule has 0 aliphatic rings. The van der Waals surface area contributed by atoms with E-state index in [9.17, 15) is 0 Å². The highest BCUT2D eigenvalue weighted by atomic mass is 79.9. The van der Waals surface area contributed by atoms with Crippen molar-refractivity contribution in [2.24, 2.45) is 0 Å². The zero-order valence-electron chi connectivity index (χ0n) is 8.61. The monoisotopic (exact) mass is 241 g/mol. The van der Waals surface area contributed by atoms with Crippen molar-refractivity contribution >= 4 is 15.9 Å². The van der Waals surface area contributed by atoms with Gasteiger partial charge in [0.2, 0.25) is 0 Å². The maximum Gasteiger partial charge on any atom is 0.0291 e. The molecule has 0 saturated carbocycles. The molecule has 1 aromatic rings. The summed E-state index contributed by atoms with van der Waals surface area (Å²) in [5.41, 5.74) is 4.00. The van der Waals surface area contributed by atoms with E-state index >= 15 is 0 Å². The van der Waals surface area contributed by atoms with Crippen molar-refractivity contribution in [3.63, 3.8) is 0 Å². The summed E-state index contributed by atoms with van der Waals surface area (Å²) in [6.07, 6.45) is 0. The van der Waals surface area contributed by atoms with Crippen LogP contribution in [0.5, 0.6) is 0 Å². The van der Waals surface area contributed by atoms with Crippen LogP contribution in [0.4, 0.5) is 0 Å². The molecule has 0 aromatic heterocycles. The Morgan fingerprint density at radius 1 is 1.23 bits per heavy atom. The van der Waals surface area contributed by atoms with Gasteiger partial charge in [0, 0.05) is 10.5 Å². The molecule has 72 valence electrons. The molecular formula is C11H16BrN. The van der Waals surface area contributed by atoms with Crippen LogP contribution in [0.1, 0.15) is 29.7 Å². The molecule has 13 heavy (non-hydrogen) atoms. The smallest absolute Gasteiger partial charge is 0.0291 e. The van der Waals surface area contributed by atoms with Crippen LogP contribution in [0, 0.1) is 13.8 Å². The van der Waals surface area contributed by atoms with E-state index < -0.39 is 0 Å². The molecule has 2 heteroatoms. The van der Waals surface area contributed by atoms with E-state index in [1.807, 2.05) is 7.05 Å². The van der Waals surface area contributed by atoms with E-state index in [-0.39, 0.29) is 0 Å². The molecule has 0 aliphatic carbocycles. The van der Waals surface area contributed by atoms with Gasteiger partial charge in [-0.3, -0.25) is 0 Å². The topological polar surface area (TPSA) is 12.0 Å². The van der Waals surface area contributed by atoms with E-state index in [2.05, 4.69) is 54.2 Å². The first-order valence-corrected chi connectivity index (χ1v) is 5.29. The fourth-order valence-corrected chi connectivity index (χ4v) is 1.88. The minimum Gasteiger partial charge on any atom is -0.313 e. The van der Waals surface area contributed by atoms with E-state index in [4.69, 9.17) is 0 Å². The summed E-state index contributed by atoms with van der Waals surface area (Å²) in [5, 5.41) is 3.25. The van der Waals surface area contributed by atoms with Crippen molar-refractivity contribution in [3.05, 3.63) is 33.3 Å². The molecule has 0 aliphatic heterocycles. The van der Waals surface area contributed by atoms with Gasteiger partial charge in [-0.1, -0.05) is 22.0 Å². The molecule has 0 saturated heterocycles. The summed E-state index contributed by atoms with van der Waals surface area (Å²) in [6.45, 7) is 6.44. The second kappa shape index (κ2) is 4.25. The molecule has 0 fully saturated rings. The number of rotatable bonds is 2. The molecule has 1 nitrogen and oxygen atoms in total. The van der Waals surface area contributed by atoms with E-state index in [0.717, 1.165) is 0 Å². The second-order valence-electron chi connectivity index (χ2n) is 3.47. The van der Waals surface area contributed by atoms with Crippen molar-refractivity contribution in [1.29, 1.82) is 0 Å². The first kappa shape index (κ1) is 10.7. The van der Waals surface area contributed by atoms with Crippen molar-refractivity contribution in [2.75, 3.05) is 7.05 Å². The van der Waals surface area contributed by atoms with Gasteiger partial charge < -0.3 is 5.32 Å². The van der Waals surface area contributed by atoms with Gasteiger partial charge in [0.05, 0.1) is 0 Å². The third kappa shape index (κ3) is 2.32. The third-order valence-corrected chi connectivity index (χ3v) is 3.30. The fourth-order valence-electron chi connectivity index (χ4n) is 1.43. The zero-order chi connectivity index (χ0) is 10.0. The lowest BCUT2D eigenvalue weighted by Gasteiger charge is -2.15. The molecule has 1 atom stereocenters. The Balaban J connectivity index is 3.15. The maximum absolute atomic E-state index is 3.53. The highest BCUT2D eigenvalue weighted by Gasteiger charge is 2.07. The first-order valence-electron chi connectivity index (χ1n) is 4.50. The van der Waals surface area contributed by atoms with Crippen LogP contribution in [0.15, 0.2) is 16.6 Å². The van der Waals surface area contributed by atoms with Crippen LogP contribution in [0.3, 0.4) is 0 Å². The van der Waals surface area contributed by atoms with Gasteiger partial charge in [-0.05, 0) is 50.6 Å². The minimum atomic E-state index is 0.423. The van der Waals surface area contributed by atoms with E-state index in [1.165, 1.54) is 21.2 Å². The first-order chi connectivity index (χ1) is 6.06. The van der Waals surface area contributed by atoms with Crippen LogP contribution >= 0.6 is 15.9 Å². The van der Waals surface area contributed by atoms with Crippen LogP contribution in [0.25, 0.3) is 0 Å². The summed E-state index contributed by atoms with van der Waals surface area (Å²) in [6, 6.07) is 4.84. The predicted molar refractivity (Wildman–Crippen MR) is 61.1 cm³/mol. The lowest BCUT2D eigenvalue weighted by Crippen LogP contribution is -2.13. The Bertz CT molecular complexity index is 307. The number of aryl methyl sites for hydroxylation is 2. The van der Waals surface area contributed by atoms with Gasteiger partial charge in [-0.15, -0.1) is 0 Å². The van der Waals surface area contributed by atoms with Crippen molar-refractivity contribution in [3.8, 4) is 0 Å². The molecule has 1 aromatic carbocycles. The summed E-state index contributed by atoms with van der Waals surface area (Å²) in [7, 11) is 1.99. The van der Waals surface area contributed by atoms with Crippen LogP contribution in [-0.2, 0) is 0 Å². The number of halogens is 1. The fraction of sp³-hybridized carbons (Fsp3) is 0.455. The van der Waals surface area contributed by atoms with Crippen molar-refractivity contribution in [2.45, 2.75) is 26.8 Å². The highest BCUT2D eigenvalue weighted by Crippen LogP contribution is 2.24. The number of hydrogen-bond acceptors (Lipinski definition) is 1. The van der Waals surface area contributed by atoms with Gasteiger partial charge in [-0.2, -0.15) is 0 Å². The molecule has 1 rings (SSSR count). The molecule has 0 radical (unpaired) electrons. The largest absolute Gasteiger partial charge is 0.313 e. The predicted octanol–water partition coefficient (Wildman–Crippen LogP) is 3.35. The quantitative estimate of drug-likeness (QED) is 0.838. The van der Waals surface area contributed by atoms with Crippen LogP contribution in [-0.4, -0.2) is 7.05 Å². The lowest BCUT2D eigenvalue weighted by atomic mass is 10.0. The average Bonchev–Trinajstić information content (AvgIpc) is 2.10. The highest BCUT2D eigenvalue weighted by molar-refractivity contribution is 9.10. The molecule has 1 N–H and O–H groups in total. The Kier molecular flexibility index (Phi) is 3.51. The maximum atomic E-state index is 3.53. The van der Waals surface area contributed by atoms with E-state index in [0.29, 0.717) is 6.04 Å². The number of hydrogen-bond donors (Lipinski definition) is 1. The Morgan fingerprint density at radius 3 is 2.38 bits per heavy atom. The number of nitrogens with one attached hydrogen (secondary N) is 1. The summed E-state index contributed by atoms with van der Waals surface area (Å²) in [5.74, 6) is 0. The third-order valence-electron chi connectivity index (χ3n) is 2.45. The van der Waals surface area contributed by atoms with Crippen LogP contribution < -0.4 is 5.32 Å². The molecule has 1 unspecified atom stereocenters. The Morgan fingerprint density at radius 2 is 1.85 bits per heavy atom. The molecular weight excluding hydrogens is 226 g/mol. The normalized spacial score (nSPS) is 13.0. The SMILES string of the molecule is CNC(C)c1cc(C)c(Br)cc1C. The minimum absolute atomic E-state index is 0.423. The van der Waals surface area contributed by atoms with Gasteiger partial charge >= 0.3 is 0 Å². The summed E-state index contributed by atoms with van der Waals surface area (Å²) >= 11 is 3.53. The summed E-state index contributed by atoms with van der Waals surface area (Å²) < 4.78 is 1.19. The van der Waals surface area contributed by atoms with Gasteiger partial charge in [-0.25, -0.2) is 0 Å². The van der Waals surface area contributed by atoms with Gasteiger partial charge in [0.1, 0.15) is 0 Å². The molecule has 0 spiro atoms. The second-order valence-corrected chi connectivity index (χ2v) is 4.32. The number of benzene rings is 1. The van der Waals surface area contributed by atoms with Crippen molar-refractivity contribution < 1.29 is 0 Å².